The second-order valence-electron chi connectivity index (χ2n) is 5.18. The molecule has 1 aromatic heterocycles. The lowest BCUT2D eigenvalue weighted by Crippen LogP contribution is -2.30. The number of benzene rings is 1. The zero-order valence-corrected chi connectivity index (χ0v) is 13.2. The van der Waals surface area contributed by atoms with Crippen LogP contribution in [0.25, 0.3) is 0 Å². The van der Waals surface area contributed by atoms with Gasteiger partial charge in [0, 0.05) is 31.7 Å². The highest BCUT2D eigenvalue weighted by Crippen LogP contribution is 2.23. The number of amides is 2. The Kier molecular flexibility index (Phi) is 4.29. The second kappa shape index (κ2) is 6.36. The number of hydrogen-bond acceptors (Lipinski definition) is 4. The molecule has 2 heterocycles. The first kappa shape index (κ1) is 14.8. The summed E-state index contributed by atoms with van der Waals surface area (Å²) in [6, 6.07) is 7.01. The molecule has 0 atom stereocenters. The Morgan fingerprint density at radius 3 is 2.36 bits per heavy atom. The summed E-state index contributed by atoms with van der Waals surface area (Å²) in [5, 5.41) is 0.987. The maximum absolute atomic E-state index is 12.2. The van der Waals surface area contributed by atoms with E-state index in [9.17, 15) is 9.59 Å². The minimum Gasteiger partial charge on any atom is -0.329 e. The predicted molar refractivity (Wildman–Crippen MR) is 85.0 cm³/mol. The van der Waals surface area contributed by atoms with Crippen LogP contribution in [0.3, 0.4) is 0 Å². The van der Waals surface area contributed by atoms with Crippen LogP contribution < -0.4 is 0 Å². The van der Waals surface area contributed by atoms with Crippen molar-refractivity contribution in [2.45, 2.75) is 18.0 Å². The Morgan fingerprint density at radius 1 is 1.09 bits per heavy atom. The first-order valence-electron chi connectivity index (χ1n) is 7.24. The average molecular weight is 315 g/mol. The number of nitrogens with zero attached hydrogens (tertiary/aromatic N) is 3. The summed E-state index contributed by atoms with van der Waals surface area (Å²) in [4.78, 5) is 30.0. The Bertz CT molecular complexity index is 676. The van der Waals surface area contributed by atoms with Crippen LogP contribution in [0.4, 0.5) is 0 Å². The summed E-state index contributed by atoms with van der Waals surface area (Å²) < 4.78 is 1.98. The third kappa shape index (κ3) is 2.78. The number of carbonyl (C=O) groups excluding carboxylic acids is 2. The third-order valence-electron chi connectivity index (χ3n) is 3.66. The molecule has 1 aliphatic rings. The molecule has 0 radical (unpaired) electrons. The Balaban J connectivity index is 1.48. The molecule has 0 aliphatic carbocycles. The van der Waals surface area contributed by atoms with Gasteiger partial charge in [0.1, 0.15) is 0 Å². The smallest absolute Gasteiger partial charge is 0.261 e. The van der Waals surface area contributed by atoms with Gasteiger partial charge in [-0.05, 0) is 25.0 Å². The summed E-state index contributed by atoms with van der Waals surface area (Å²) in [7, 11) is 1.97. The number of imidazole rings is 1. The molecule has 0 fully saturated rings. The van der Waals surface area contributed by atoms with Crippen molar-refractivity contribution in [1.82, 2.24) is 14.5 Å². The molecule has 0 unspecified atom stereocenters. The number of fused-ring (bicyclic) bond motifs is 1. The lowest BCUT2D eigenvalue weighted by Gasteiger charge is -2.13. The molecule has 0 saturated carbocycles. The largest absolute Gasteiger partial charge is 0.329 e. The molecule has 6 heteroatoms. The van der Waals surface area contributed by atoms with Crippen molar-refractivity contribution in [3.63, 3.8) is 0 Å². The van der Waals surface area contributed by atoms with Crippen molar-refractivity contribution in [1.29, 1.82) is 0 Å². The number of rotatable bonds is 6. The predicted octanol–water partition coefficient (Wildman–Crippen LogP) is 2.59. The molecule has 2 amide bonds. The second-order valence-corrected chi connectivity index (χ2v) is 6.25. The molecule has 0 bridgehead atoms. The monoisotopic (exact) mass is 315 g/mol. The van der Waals surface area contributed by atoms with Gasteiger partial charge in [-0.1, -0.05) is 23.9 Å². The summed E-state index contributed by atoms with van der Waals surface area (Å²) in [6.45, 7) is 0.480. The number of imide groups is 1. The fraction of sp³-hybridized carbons (Fsp3) is 0.312. The fourth-order valence-electron chi connectivity index (χ4n) is 2.47. The van der Waals surface area contributed by atoms with Gasteiger partial charge in [-0.15, -0.1) is 0 Å². The van der Waals surface area contributed by atoms with E-state index in [2.05, 4.69) is 4.98 Å². The van der Waals surface area contributed by atoms with Crippen LogP contribution in [0.5, 0.6) is 0 Å². The van der Waals surface area contributed by atoms with Gasteiger partial charge in [-0.2, -0.15) is 0 Å². The van der Waals surface area contributed by atoms with Crippen LogP contribution in [-0.4, -0.2) is 38.6 Å². The third-order valence-corrected chi connectivity index (χ3v) is 4.81. The van der Waals surface area contributed by atoms with E-state index in [1.54, 1.807) is 42.2 Å². The fourth-order valence-corrected chi connectivity index (χ4v) is 3.40. The van der Waals surface area contributed by atoms with Crippen molar-refractivity contribution < 1.29 is 9.59 Å². The number of carbonyl (C=O) groups is 2. The van der Waals surface area contributed by atoms with Gasteiger partial charge in [0.15, 0.2) is 5.16 Å². The molecular formula is C16H17N3O2S. The van der Waals surface area contributed by atoms with Gasteiger partial charge < -0.3 is 4.57 Å². The number of thioether (sulfide) groups is 1. The quantitative estimate of drug-likeness (QED) is 0.467. The maximum atomic E-state index is 12.2. The van der Waals surface area contributed by atoms with Gasteiger partial charge in [0.2, 0.25) is 0 Å². The number of unbranched alkanes of at least 4 members (excludes halogenated alkanes) is 1. The normalized spacial score (nSPS) is 13.8. The molecule has 0 spiro atoms. The van der Waals surface area contributed by atoms with E-state index in [4.69, 9.17) is 0 Å². The Morgan fingerprint density at radius 2 is 1.77 bits per heavy atom. The van der Waals surface area contributed by atoms with Gasteiger partial charge in [-0.25, -0.2) is 4.98 Å². The van der Waals surface area contributed by atoms with E-state index < -0.39 is 0 Å². The lowest BCUT2D eigenvalue weighted by molar-refractivity contribution is 0.0652. The first-order valence-corrected chi connectivity index (χ1v) is 8.22. The topological polar surface area (TPSA) is 55.2 Å². The highest BCUT2D eigenvalue weighted by Gasteiger charge is 2.34. The molecular weight excluding hydrogens is 298 g/mol. The molecule has 114 valence electrons. The van der Waals surface area contributed by atoms with Gasteiger partial charge in [0.05, 0.1) is 11.1 Å². The van der Waals surface area contributed by atoms with E-state index in [0.29, 0.717) is 17.7 Å². The highest BCUT2D eigenvalue weighted by atomic mass is 32.2. The van der Waals surface area contributed by atoms with E-state index in [1.165, 1.54) is 4.90 Å². The van der Waals surface area contributed by atoms with Gasteiger partial charge >= 0.3 is 0 Å². The minimum atomic E-state index is -0.169. The lowest BCUT2D eigenvalue weighted by atomic mass is 10.1. The Hall–Kier alpha value is -2.08. The van der Waals surface area contributed by atoms with Crippen molar-refractivity contribution in [3.05, 3.63) is 47.8 Å². The number of hydrogen-bond donors (Lipinski definition) is 0. The molecule has 22 heavy (non-hydrogen) atoms. The van der Waals surface area contributed by atoms with Crippen molar-refractivity contribution in [2.24, 2.45) is 7.05 Å². The van der Waals surface area contributed by atoms with Crippen molar-refractivity contribution in [3.8, 4) is 0 Å². The molecule has 1 aromatic carbocycles. The van der Waals surface area contributed by atoms with Crippen LogP contribution in [-0.2, 0) is 7.05 Å². The standard InChI is InChI=1S/C16H17N3O2S/c1-18-10-8-17-16(18)22-11-5-4-9-19-14(20)12-6-2-3-7-13(12)15(19)21/h2-3,6-8,10H,4-5,9,11H2,1H3. The average Bonchev–Trinajstić information content (AvgIpc) is 3.04. The van der Waals surface area contributed by atoms with E-state index in [1.807, 2.05) is 17.8 Å². The molecule has 3 rings (SSSR count). The van der Waals surface area contributed by atoms with Crippen molar-refractivity contribution >= 4 is 23.6 Å². The van der Waals surface area contributed by atoms with Crippen LogP contribution in [0.15, 0.2) is 41.8 Å². The molecule has 2 aromatic rings. The highest BCUT2D eigenvalue weighted by molar-refractivity contribution is 7.99. The number of aryl methyl sites for hydroxylation is 1. The maximum Gasteiger partial charge on any atom is 0.261 e. The molecule has 0 N–H and O–H groups in total. The van der Waals surface area contributed by atoms with E-state index in [-0.39, 0.29) is 11.8 Å². The van der Waals surface area contributed by atoms with Crippen LogP contribution in [0.2, 0.25) is 0 Å². The first-order chi connectivity index (χ1) is 10.7. The van der Waals surface area contributed by atoms with E-state index >= 15 is 0 Å². The number of aromatic nitrogens is 2. The van der Waals surface area contributed by atoms with Crippen molar-refractivity contribution in [2.75, 3.05) is 12.3 Å². The molecule has 0 saturated heterocycles. The van der Waals surface area contributed by atoms with Crippen LogP contribution in [0, 0.1) is 0 Å². The molecule has 5 nitrogen and oxygen atoms in total. The van der Waals surface area contributed by atoms with Gasteiger partial charge in [0.25, 0.3) is 11.8 Å². The molecule has 1 aliphatic heterocycles. The summed E-state index contributed by atoms with van der Waals surface area (Å²) in [6.07, 6.45) is 5.44. The summed E-state index contributed by atoms with van der Waals surface area (Å²) in [5.74, 6) is 0.586. The SMILES string of the molecule is Cn1ccnc1SCCCCN1C(=O)c2ccccc2C1=O. The van der Waals surface area contributed by atoms with Gasteiger partial charge in [-0.3, -0.25) is 14.5 Å². The Labute approximate surface area is 133 Å². The van der Waals surface area contributed by atoms with Crippen LogP contribution >= 0.6 is 11.8 Å². The van der Waals surface area contributed by atoms with E-state index in [0.717, 1.165) is 23.8 Å². The summed E-state index contributed by atoms with van der Waals surface area (Å²) >= 11 is 1.69. The minimum absolute atomic E-state index is 0.169. The zero-order valence-electron chi connectivity index (χ0n) is 12.4. The van der Waals surface area contributed by atoms with Crippen LogP contribution in [0.1, 0.15) is 33.6 Å². The zero-order chi connectivity index (χ0) is 15.5. The summed E-state index contributed by atoms with van der Waals surface area (Å²) in [5.41, 5.74) is 1.05.